The molecule has 152 valence electrons. The van der Waals surface area contributed by atoms with Gasteiger partial charge in [0.2, 0.25) is 5.91 Å². The summed E-state index contributed by atoms with van der Waals surface area (Å²) in [5, 5.41) is 4.21. The van der Waals surface area contributed by atoms with E-state index in [1.165, 1.54) is 22.1 Å². The SMILES string of the molecule is COCCc1ccc(OCCN(C(C)=O)C(=O)c2c(Br)c(C)nn2C)c(C)c1. The van der Waals surface area contributed by atoms with E-state index in [0.717, 1.165) is 17.7 Å². The number of rotatable bonds is 8. The van der Waals surface area contributed by atoms with Gasteiger partial charge in [0.05, 0.1) is 23.3 Å². The Morgan fingerprint density at radius 2 is 1.96 bits per heavy atom. The molecule has 0 aliphatic rings. The summed E-state index contributed by atoms with van der Waals surface area (Å²) in [4.78, 5) is 26.0. The summed E-state index contributed by atoms with van der Waals surface area (Å²) in [6.07, 6.45) is 0.837. The molecule has 0 atom stereocenters. The molecule has 2 aromatic rings. The molecule has 0 radical (unpaired) electrons. The zero-order chi connectivity index (χ0) is 20.8. The van der Waals surface area contributed by atoms with Crippen molar-refractivity contribution in [2.24, 2.45) is 7.05 Å². The predicted octanol–water partition coefficient (Wildman–Crippen LogP) is 3.06. The van der Waals surface area contributed by atoms with Gasteiger partial charge in [-0.1, -0.05) is 12.1 Å². The van der Waals surface area contributed by atoms with Gasteiger partial charge in [0, 0.05) is 21.1 Å². The summed E-state index contributed by atoms with van der Waals surface area (Å²) in [7, 11) is 3.35. The maximum atomic E-state index is 12.8. The first-order chi connectivity index (χ1) is 13.3. The van der Waals surface area contributed by atoms with Gasteiger partial charge in [-0.15, -0.1) is 0 Å². The lowest BCUT2D eigenvalue weighted by molar-refractivity contribution is -0.126. The molecule has 0 spiro atoms. The normalized spacial score (nSPS) is 10.8. The molecule has 1 aromatic heterocycles. The maximum Gasteiger partial charge on any atom is 0.280 e. The number of nitrogens with zero attached hydrogens (tertiary/aromatic N) is 3. The third-order valence-corrected chi connectivity index (χ3v) is 5.33. The third-order valence-electron chi connectivity index (χ3n) is 4.38. The van der Waals surface area contributed by atoms with Crippen molar-refractivity contribution in [1.29, 1.82) is 0 Å². The van der Waals surface area contributed by atoms with Crippen molar-refractivity contribution in [1.82, 2.24) is 14.7 Å². The van der Waals surface area contributed by atoms with Crippen molar-refractivity contribution >= 4 is 27.7 Å². The quantitative estimate of drug-likeness (QED) is 0.616. The topological polar surface area (TPSA) is 73.7 Å². The number of imide groups is 1. The van der Waals surface area contributed by atoms with Crippen LogP contribution in [0, 0.1) is 13.8 Å². The number of aryl methyl sites for hydroxylation is 3. The van der Waals surface area contributed by atoms with Crippen LogP contribution in [-0.4, -0.2) is 53.4 Å². The number of carbonyl (C=O) groups excluding carboxylic acids is 2. The highest BCUT2D eigenvalue weighted by molar-refractivity contribution is 9.10. The summed E-state index contributed by atoms with van der Waals surface area (Å²) in [5.41, 5.74) is 3.20. The monoisotopic (exact) mass is 451 g/mol. The van der Waals surface area contributed by atoms with Crippen molar-refractivity contribution in [2.75, 3.05) is 26.9 Å². The van der Waals surface area contributed by atoms with Gasteiger partial charge in [-0.25, -0.2) is 0 Å². The fraction of sp³-hybridized carbons (Fsp3) is 0.450. The Bertz CT molecular complexity index is 863. The van der Waals surface area contributed by atoms with Crippen LogP contribution in [0.2, 0.25) is 0 Å². The van der Waals surface area contributed by atoms with Crippen LogP contribution in [-0.2, 0) is 23.0 Å². The van der Waals surface area contributed by atoms with Gasteiger partial charge in [-0.05, 0) is 53.4 Å². The highest BCUT2D eigenvalue weighted by Crippen LogP contribution is 2.22. The van der Waals surface area contributed by atoms with Crippen LogP contribution in [0.15, 0.2) is 22.7 Å². The number of halogens is 1. The summed E-state index contributed by atoms with van der Waals surface area (Å²) >= 11 is 3.38. The first-order valence-electron chi connectivity index (χ1n) is 8.99. The fourth-order valence-electron chi connectivity index (χ4n) is 2.89. The number of benzene rings is 1. The summed E-state index contributed by atoms with van der Waals surface area (Å²) in [6, 6.07) is 5.95. The van der Waals surface area contributed by atoms with E-state index in [2.05, 4.69) is 27.1 Å². The first-order valence-corrected chi connectivity index (χ1v) is 9.78. The number of ether oxygens (including phenoxy) is 2. The molecule has 28 heavy (non-hydrogen) atoms. The average molecular weight is 452 g/mol. The van der Waals surface area contributed by atoms with Crippen molar-refractivity contribution in [3.8, 4) is 5.75 Å². The standard InChI is InChI=1S/C20H26BrN3O4/c1-13-12-16(8-10-27-5)6-7-17(13)28-11-9-24(15(3)25)20(26)19-18(21)14(2)22-23(19)4/h6-7,12H,8-11H2,1-5H3. The molecule has 2 amide bonds. The fourth-order valence-corrected chi connectivity index (χ4v) is 3.40. The van der Waals surface area contributed by atoms with Crippen LogP contribution in [0.5, 0.6) is 5.75 Å². The second kappa shape index (κ2) is 9.84. The number of methoxy groups -OCH3 is 1. The van der Waals surface area contributed by atoms with E-state index >= 15 is 0 Å². The van der Waals surface area contributed by atoms with Crippen molar-refractivity contribution < 1.29 is 19.1 Å². The van der Waals surface area contributed by atoms with Crippen molar-refractivity contribution in [3.05, 3.63) is 45.2 Å². The summed E-state index contributed by atoms with van der Waals surface area (Å²) < 4.78 is 13.0. The first kappa shape index (κ1) is 22.1. The molecule has 0 saturated carbocycles. The lowest BCUT2D eigenvalue weighted by atomic mass is 10.1. The maximum absolute atomic E-state index is 12.8. The van der Waals surface area contributed by atoms with E-state index in [4.69, 9.17) is 9.47 Å². The second-order valence-corrected chi connectivity index (χ2v) is 7.33. The van der Waals surface area contributed by atoms with Crippen LogP contribution < -0.4 is 4.74 Å². The minimum Gasteiger partial charge on any atom is -0.491 e. The molecular formula is C20H26BrN3O4. The minimum absolute atomic E-state index is 0.149. The molecule has 0 aliphatic carbocycles. The van der Waals surface area contributed by atoms with Gasteiger partial charge in [-0.3, -0.25) is 19.2 Å². The molecule has 1 heterocycles. The van der Waals surface area contributed by atoms with Gasteiger partial charge in [0.25, 0.3) is 5.91 Å². The van der Waals surface area contributed by atoms with Crippen LogP contribution in [0.3, 0.4) is 0 Å². The smallest absolute Gasteiger partial charge is 0.280 e. The van der Waals surface area contributed by atoms with Crippen LogP contribution in [0.1, 0.15) is 34.2 Å². The number of amides is 2. The van der Waals surface area contributed by atoms with Crippen LogP contribution in [0.25, 0.3) is 0 Å². The summed E-state index contributed by atoms with van der Waals surface area (Å²) in [5.74, 6) is -0.0154. The van der Waals surface area contributed by atoms with Gasteiger partial charge < -0.3 is 9.47 Å². The Labute approximate surface area is 173 Å². The van der Waals surface area contributed by atoms with Gasteiger partial charge >= 0.3 is 0 Å². The Hall–Kier alpha value is -2.19. The lowest BCUT2D eigenvalue weighted by Gasteiger charge is -2.20. The molecule has 0 unspecified atom stereocenters. The molecule has 0 bridgehead atoms. The molecule has 0 saturated heterocycles. The van der Waals surface area contributed by atoms with E-state index in [-0.39, 0.29) is 19.1 Å². The third kappa shape index (κ3) is 5.20. The molecule has 0 N–H and O–H groups in total. The van der Waals surface area contributed by atoms with Crippen molar-refractivity contribution in [2.45, 2.75) is 27.2 Å². The highest BCUT2D eigenvalue weighted by atomic mass is 79.9. The van der Waals surface area contributed by atoms with Gasteiger partial charge in [0.1, 0.15) is 18.1 Å². The van der Waals surface area contributed by atoms with Gasteiger partial charge in [-0.2, -0.15) is 5.10 Å². The predicted molar refractivity (Wildman–Crippen MR) is 110 cm³/mol. The molecule has 8 heteroatoms. The van der Waals surface area contributed by atoms with E-state index in [0.29, 0.717) is 22.5 Å². The van der Waals surface area contributed by atoms with Gasteiger partial charge in [0.15, 0.2) is 0 Å². The molecule has 0 aliphatic heterocycles. The summed E-state index contributed by atoms with van der Waals surface area (Å²) in [6.45, 7) is 6.15. The number of aromatic nitrogens is 2. The van der Waals surface area contributed by atoms with E-state index in [1.54, 1.807) is 21.1 Å². The van der Waals surface area contributed by atoms with E-state index in [9.17, 15) is 9.59 Å². The molecule has 1 aromatic carbocycles. The second-order valence-electron chi connectivity index (χ2n) is 6.54. The van der Waals surface area contributed by atoms with Crippen LogP contribution in [0.4, 0.5) is 0 Å². The Kier molecular flexibility index (Phi) is 7.77. The number of carbonyl (C=O) groups is 2. The minimum atomic E-state index is -0.405. The van der Waals surface area contributed by atoms with E-state index < -0.39 is 5.91 Å². The Balaban J connectivity index is 2.04. The molecule has 2 rings (SSSR count). The molecule has 7 nitrogen and oxygen atoms in total. The van der Waals surface area contributed by atoms with E-state index in [1.807, 2.05) is 19.1 Å². The average Bonchev–Trinajstić information content (AvgIpc) is 2.89. The Morgan fingerprint density at radius 1 is 1.25 bits per heavy atom. The zero-order valence-corrected chi connectivity index (χ0v) is 18.5. The van der Waals surface area contributed by atoms with Crippen LogP contribution >= 0.6 is 15.9 Å². The molecular weight excluding hydrogens is 426 g/mol. The number of hydrogen-bond donors (Lipinski definition) is 0. The van der Waals surface area contributed by atoms with Crippen molar-refractivity contribution in [3.63, 3.8) is 0 Å². The molecule has 0 fully saturated rings. The lowest BCUT2D eigenvalue weighted by Crippen LogP contribution is -2.39. The number of hydrogen-bond acceptors (Lipinski definition) is 5. The zero-order valence-electron chi connectivity index (χ0n) is 16.9. The Morgan fingerprint density at radius 3 is 2.50 bits per heavy atom. The largest absolute Gasteiger partial charge is 0.491 e. The highest BCUT2D eigenvalue weighted by Gasteiger charge is 2.26.